The summed E-state index contributed by atoms with van der Waals surface area (Å²) >= 11 is 4.03. The molecule has 0 rings (SSSR count). The van der Waals surface area contributed by atoms with Crippen LogP contribution in [0.5, 0.6) is 0 Å². The standard InChI is InChI=1S/C8H16O4S3/c1-11-6(9)7(10,12-2)8(13-3,14-4)15-5/h10H,1-5H3. The SMILES string of the molecule is COC(=O)C(O)(OC)C(SC)(SC)SC. The lowest BCUT2D eigenvalue weighted by Gasteiger charge is -2.39. The fourth-order valence-corrected chi connectivity index (χ4v) is 4.47. The van der Waals surface area contributed by atoms with Crippen LogP contribution in [0, 0.1) is 0 Å². The molecule has 0 aromatic rings. The van der Waals surface area contributed by atoms with Gasteiger partial charge in [-0.05, 0) is 18.8 Å². The normalized spacial score (nSPS) is 15.9. The van der Waals surface area contributed by atoms with Crippen LogP contribution in [-0.4, -0.2) is 53.3 Å². The molecular weight excluding hydrogens is 256 g/mol. The van der Waals surface area contributed by atoms with Gasteiger partial charge in [-0.25, -0.2) is 4.79 Å². The maximum atomic E-state index is 11.6. The van der Waals surface area contributed by atoms with E-state index in [1.807, 2.05) is 0 Å². The van der Waals surface area contributed by atoms with E-state index in [2.05, 4.69) is 4.74 Å². The molecule has 7 heteroatoms. The summed E-state index contributed by atoms with van der Waals surface area (Å²) < 4.78 is 8.67. The highest BCUT2D eigenvalue weighted by Crippen LogP contribution is 2.51. The third kappa shape index (κ3) is 2.58. The van der Waals surface area contributed by atoms with Crippen molar-refractivity contribution in [3.63, 3.8) is 0 Å². The van der Waals surface area contributed by atoms with Crippen molar-refractivity contribution in [2.45, 2.75) is 9.20 Å². The van der Waals surface area contributed by atoms with Gasteiger partial charge in [0.1, 0.15) is 0 Å². The number of carbonyl (C=O) groups excluding carboxylic acids is 1. The highest BCUT2D eigenvalue weighted by molar-refractivity contribution is 8.33. The summed E-state index contributed by atoms with van der Waals surface area (Å²) in [6, 6.07) is 0. The highest BCUT2D eigenvalue weighted by atomic mass is 32.3. The molecule has 0 amide bonds. The van der Waals surface area contributed by atoms with Crippen molar-refractivity contribution in [3.8, 4) is 0 Å². The van der Waals surface area contributed by atoms with Crippen LogP contribution in [0.4, 0.5) is 0 Å². The highest BCUT2D eigenvalue weighted by Gasteiger charge is 2.57. The molecule has 1 unspecified atom stereocenters. The van der Waals surface area contributed by atoms with Gasteiger partial charge in [0.05, 0.1) is 7.11 Å². The molecule has 0 fully saturated rings. The molecule has 0 aromatic heterocycles. The van der Waals surface area contributed by atoms with E-state index in [-0.39, 0.29) is 0 Å². The molecule has 0 spiro atoms. The molecule has 0 aromatic carbocycles. The fourth-order valence-electron chi connectivity index (χ4n) is 1.14. The maximum Gasteiger partial charge on any atom is 0.369 e. The molecule has 0 bridgehead atoms. The lowest BCUT2D eigenvalue weighted by molar-refractivity contribution is -0.213. The van der Waals surface area contributed by atoms with Gasteiger partial charge in [-0.15, -0.1) is 35.3 Å². The van der Waals surface area contributed by atoms with Crippen molar-refractivity contribution in [1.82, 2.24) is 0 Å². The van der Waals surface area contributed by atoms with Crippen LogP contribution < -0.4 is 0 Å². The summed E-state index contributed by atoms with van der Waals surface area (Å²) in [6.45, 7) is 0. The number of esters is 1. The number of ether oxygens (including phenoxy) is 2. The van der Waals surface area contributed by atoms with Crippen LogP contribution in [0.3, 0.4) is 0 Å². The average molecular weight is 272 g/mol. The predicted molar refractivity (Wildman–Crippen MR) is 67.3 cm³/mol. The van der Waals surface area contributed by atoms with E-state index in [0.29, 0.717) is 0 Å². The van der Waals surface area contributed by atoms with E-state index in [1.165, 1.54) is 49.5 Å². The van der Waals surface area contributed by atoms with Crippen LogP contribution in [0.15, 0.2) is 0 Å². The summed E-state index contributed by atoms with van der Waals surface area (Å²) in [5.41, 5.74) is 0. The number of hydrogen-bond acceptors (Lipinski definition) is 7. The van der Waals surface area contributed by atoms with E-state index in [4.69, 9.17) is 4.74 Å². The quantitative estimate of drug-likeness (QED) is 0.576. The third-order valence-corrected chi connectivity index (χ3v) is 7.42. The second-order valence-corrected chi connectivity index (χ2v) is 6.35. The van der Waals surface area contributed by atoms with E-state index in [0.717, 1.165) is 0 Å². The van der Waals surface area contributed by atoms with Crippen LogP contribution in [0.2, 0.25) is 0 Å². The molecule has 0 aliphatic heterocycles. The summed E-state index contributed by atoms with van der Waals surface area (Å²) in [5.74, 6) is -2.75. The maximum absolute atomic E-state index is 11.6. The van der Waals surface area contributed by atoms with Crippen molar-refractivity contribution in [1.29, 1.82) is 0 Å². The topological polar surface area (TPSA) is 55.8 Å². The number of rotatable bonds is 6. The van der Waals surface area contributed by atoms with Gasteiger partial charge in [0.15, 0.2) is 3.41 Å². The molecule has 4 nitrogen and oxygen atoms in total. The number of methoxy groups -OCH3 is 2. The van der Waals surface area contributed by atoms with Gasteiger partial charge in [0.2, 0.25) is 0 Å². The molecule has 90 valence electrons. The van der Waals surface area contributed by atoms with E-state index < -0.39 is 15.2 Å². The number of thioether (sulfide) groups is 3. The average Bonchev–Trinajstić information content (AvgIpc) is 2.30. The minimum atomic E-state index is -1.96. The van der Waals surface area contributed by atoms with Gasteiger partial charge in [-0.1, -0.05) is 0 Å². The largest absolute Gasteiger partial charge is 0.465 e. The molecule has 15 heavy (non-hydrogen) atoms. The zero-order valence-electron chi connectivity index (χ0n) is 9.40. The Morgan fingerprint density at radius 1 is 1.13 bits per heavy atom. The van der Waals surface area contributed by atoms with Gasteiger partial charge in [-0.3, -0.25) is 0 Å². The van der Waals surface area contributed by atoms with Gasteiger partial charge < -0.3 is 14.6 Å². The fraction of sp³-hybridized carbons (Fsp3) is 0.875. The predicted octanol–water partition coefficient (Wildman–Crippen LogP) is 1.24. The Balaban J connectivity index is 5.29. The van der Waals surface area contributed by atoms with Gasteiger partial charge in [0.25, 0.3) is 0 Å². The number of carbonyl (C=O) groups is 1. The van der Waals surface area contributed by atoms with Gasteiger partial charge in [0, 0.05) is 7.11 Å². The smallest absolute Gasteiger partial charge is 0.369 e. The molecule has 0 aliphatic carbocycles. The first kappa shape index (κ1) is 15.4. The van der Waals surface area contributed by atoms with Crippen molar-refractivity contribution >= 4 is 41.3 Å². The third-order valence-electron chi connectivity index (χ3n) is 1.98. The van der Waals surface area contributed by atoms with Gasteiger partial charge >= 0.3 is 11.8 Å². The molecule has 0 radical (unpaired) electrons. The number of hydrogen-bond donors (Lipinski definition) is 1. The van der Waals surface area contributed by atoms with E-state index in [9.17, 15) is 9.90 Å². The van der Waals surface area contributed by atoms with Crippen LogP contribution in [0.1, 0.15) is 0 Å². The monoisotopic (exact) mass is 272 g/mol. The first-order valence-corrected chi connectivity index (χ1v) is 7.66. The molecule has 1 atom stereocenters. The second kappa shape index (κ2) is 6.24. The lowest BCUT2D eigenvalue weighted by Crippen LogP contribution is -2.55. The Morgan fingerprint density at radius 3 is 1.73 bits per heavy atom. The van der Waals surface area contributed by atoms with E-state index in [1.54, 1.807) is 18.8 Å². The lowest BCUT2D eigenvalue weighted by atomic mass is 10.3. The molecule has 1 N–H and O–H groups in total. The Hall–Kier alpha value is 0.440. The minimum absolute atomic E-state index is 0.789. The van der Waals surface area contributed by atoms with Gasteiger partial charge in [-0.2, -0.15) is 0 Å². The van der Waals surface area contributed by atoms with E-state index >= 15 is 0 Å². The zero-order chi connectivity index (χ0) is 12.1. The number of aliphatic hydroxyl groups is 1. The van der Waals surface area contributed by atoms with Crippen LogP contribution in [-0.2, 0) is 14.3 Å². The molecule has 0 heterocycles. The van der Waals surface area contributed by atoms with Crippen LogP contribution in [0.25, 0.3) is 0 Å². The Kier molecular flexibility index (Phi) is 6.43. The zero-order valence-corrected chi connectivity index (χ0v) is 11.8. The molecule has 0 aliphatic rings. The Morgan fingerprint density at radius 2 is 1.53 bits per heavy atom. The van der Waals surface area contributed by atoms with Crippen molar-refractivity contribution in [2.24, 2.45) is 0 Å². The first-order chi connectivity index (χ1) is 6.97. The molecular formula is C8H16O4S3. The molecule has 0 saturated carbocycles. The van der Waals surface area contributed by atoms with Crippen molar-refractivity contribution in [2.75, 3.05) is 33.0 Å². The summed E-state index contributed by atoms with van der Waals surface area (Å²) in [5, 5.41) is 10.2. The second-order valence-electron chi connectivity index (χ2n) is 2.51. The summed E-state index contributed by atoms with van der Waals surface area (Å²) in [4.78, 5) is 11.6. The Labute approximate surface area is 103 Å². The Bertz CT molecular complexity index is 212. The minimum Gasteiger partial charge on any atom is -0.465 e. The van der Waals surface area contributed by atoms with Crippen molar-refractivity contribution in [3.05, 3.63) is 0 Å². The van der Waals surface area contributed by atoms with Crippen LogP contribution >= 0.6 is 35.3 Å². The molecule has 0 saturated heterocycles. The first-order valence-electron chi connectivity index (χ1n) is 3.99. The van der Waals surface area contributed by atoms with Crippen molar-refractivity contribution < 1.29 is 19.4 Å². The summed E-state index contributed by atoms with van der Waals surface area (Å²) in [7, 11) is 2.51. The summed E-state index contributed by atoms with van der Waals surface area (Å²) in [6.07, 6.45) is 5.42.